The predicted octanol–water partition coefficient (Wildman–Crippen LogP) is 2.50. The molecule has 0 aromatic heterocycles. The Labute approximate surface area is 122 Å². The van der Waals surface area contributed by atoms with Gasteiger partial charge in [0.05, 0.1) is 11.0 Å². The van der Waals surface area contributed by atoms with Crippen LogP contribution in [-0.2, 0) is 4.79 Å². The Kier molecular flexibility index (Phi) is 4.18. The number of nitrogens with one attached hydrogen (secondary N) is 1. The lowest BCUT2D eigenvalue weighted by molar-refractivity contribution is -0.147. The first-order valence-electron chi connectivity index (χ1n) is 6.51. The van der Waals surface area contributed by atoms with Gasteiger partial charge in [0, 0.05) is 17.3 Å². The normalized spacial score (nSPS) is 16.9. The standard InChI is InChI=1S/C14H17ClN2O3/c15-9-3-4-11(10(7-9)12(16)18)17-8-14(13(19)20)5-1-2-6-14/h3-4,7,17H,1-2,5-6,8H2,(H2,16,18)(H,19,20). The molecular formula is C14H17ClN2O3. The largest absolute Gasteiger partial charge is 0.481 e. The van der Waals surface area contributed by atoms with Gasteiger partial charge in [0.25, 0.3) is 5.91 Å². The fourth-order valence-electron chi connectivity index (χ4n) is 2.66. The van der Waals surface area contributed by atoms with Crippen molar-refractivity contribution in [1.29, 1.82) is 0 Å². The molecule has 1 aromatic carbocycles. The second-order valence-corrected chi connectivity index (χ2v) is 5.64. The number of amides is 1. The fourth-order valence-corrected chi connectivity index (χ4v) is 2.83. The monoisotopic (exact) mass is 296 g/mol. The van der Waals surface area contributed by atoms with Crippen molar-refractivity contribution in [1.82, 2.24) is 0 Å². The van der Waals surface area contributed by atoms with E-state index in [9.17, 15) is 14.7 Å². The summed E-state index contributed by atoms with van der Waals surface area (Å²) < 4.78 is 0. The van der Waals surface area contributed by atoms with Crippen molar-refractivity contribution in [2.24, 2.45) is 11.1 Å². The highest BCUT2D eigenvalue weighted by Gasteiger charge is 2.41. The fraction of sp³-hybridized carbons (Fsp3) is 0.429. The van der Waals surface area contributed by atoms with E-state index in [2.05, 4.69) is 5.32 Å². The van der Waals surface area contributed by atoms with Crippen LogP contribution >= 0.6 is 11.6 Å². The maximum absolute atomic E-state index is 11.5. The van der Waals surface area contributed by atoms with Gasteiger partial charge in [0.2, 0.25) is 0 Å². The van der Waals surface area contributed by atoms with Crippen LogP contribution in [0.15, 0.2) is 18.2 Å². The van der Waals surface area contributed by atoms with Gasteiger partial charge in [0.15, 0.2) is 0 Å². The molecule has 1 fully saturated rings. The molecule has 2 rings (SSSR count). The van der Waals surface area contributed by atoms with Gasteiger partial charge < -0.3 is 16.2 Å². The zero-order valence-electron chi connectivity index (χ0n) is 11.0. The molecule has 108 valence electrons. The van der Waals surface area contributed by atoms with Crippen LogP contribution < -0.4 is 11.1 Å². The van der Waals surface area contributed by atoms with E-state index in [1.54, 1.807) is 12.1 Å². The van der Waals surface area contributed by atoms with Gasteiger partial charge in [-0.1, -0.05) is 24.4 Å². The average molecular weight is 297 g/mol. The average Bonchev–Trinajstić information content (AvgIpc) is 2.87. The van der Waals surface area contributed by atoms with Crippen molar-refractivity contribution in [3.8, 4) is 0 Å². The minimum atomic E-state index is -0.794. The number of hydrogen-bond donors (Lipinski definition) is 3. The van der Waals surface area contributed by atoms with E-state index in [-0.39, 0.29) is 12.1 Å². The van der Waals surface area contributed by atoms with Crippen LogP contribution in [0, 0.1) is 5.41 Å². The van der Waals surface area contributed by atoms with Crippen LogP contribution in [0.1, 0.15) is 36.0 Å². The molecule has 0 heterocycles. The number of rotatable bonds is 5. The topological polar surface area (TPSA) is 92.4 Å². The first kappa shape index (κ1) is 14.7. The van der Waals surface area contributed by atoms with Crippen molar-refractivity contribution in [3.05, 3.63) is 28.8 Å². The molecule has 1 aliphatic rings. The van der Waals surface area contributed by atoms with Crippen LogP contribution in [0.4, 0.5) is 5.69 Å². The molecule has 5 nitrogen and oxygen atoms in total. The third-order valence-electron chi connectivity index (χ3n) is 3.88. The lowest BCUT2D eigenvalue weighted by atomic mass is 9.86. The van der Waals surface area contributed by atoms with E-state index in [1.165, 1.54) is 6.07 Å². The first-order valence-corrected chi connectivity index (χ1v) is 6.89. The minimum absolute atomic E-state index is 0.274. The Bertz CT molecular complexity index is 539. The SMILES string of the molecule is NC(=O)c1cc(Cl)ccc1NCC1(C(=O)O)CCCC1. The number of anilines is 1. The second kappa shape index (κ2) is 5.71. The third-order valence-corrected chi connectivity index (χ3v) is 4.11. The Morgan fingerprint density at radius 3 is 2.55 bits per heavy atom. The van der Waals surface area contributed by atoms with Gasteiger partial charge >= 0.3 is 5.97 Å². The zero-order valence-corrected chi connectivity index (χ0v) is 11.7. The number of benzene rings is 1. The number of nitrogens with two attached hydrogens (primary N) is 1. The Hall–Kier alpha value is -1.75. The minimum Gasteiger partial charge on any atom is -0.481 e. The number of carbonyl (C=O) groups excluding carboxylic acids is 1. The number of primary amides is 1. The molecular weight excluding hydrogens is 280 g/mol. The summed E-state index contributed by atoms with van der Waals surface area (Å²) in [5, 5.41) is 12.9. The number of carbonyl (C=O) groups is 2. The number of carboxylic acids is 1. The van der Waals surface area contributed by atoms with E-state index < -0.39 is 17.3 Å². The number of hydrogen-bond acceptors (Lipinski definition) is 3. The Balaban J connectivity index is 2.18. The quantitative estimate of drug-likeness (QED) is 0.778. The van der Waals surface area contributed by atoms with E-state index >= 15 is 0 Å². The van der Waals surface area contributed by atoms with E-state index in [0.29, 0.717) is 23.6 Å². The molecule has 0 unspecified atom stereocenters. The van der Waals surface area contributed by atoms with Gasteiger partial charge in [-0.15, -0.1) is 0 Å². The molecule has 0 radical (unpaired) electrons. The zero-order chi connectivity index (χ0) is 14.8. The molecule has 1 aromatic rings. The summed E-state index contributed by atoms with van der Waals surface area (Å²) in [7, 11) is 0. The molecule has 1 saturated carbocycles. The highest BCUT2D eigenvalue weighted by atomic mass is 35.5. The molecule has 1 amide bonds. The molecule has 6 heteroatoms. The van der Waals surface area contributed by atoms with Crippen molar-refractivity contribution >= 4 is 29.2 Å². The summed E-state index contributed by atoms with van der Waals surface area (Å²) in [6.07, 6.45) is 3.12. The van der Waals surface area contributed by atoms with Gasteiger partial charge in [-0.05, 0) is 31.0 Å². The summed E-state index contributed by atoms with van der Waals surface area (Å²) in [6.45, 7) is 0.282. The van der Waals surface area contributed by atoms with Crippen LogP contribution in [0.5, 0.6) is 0 Å². The number of aliphatic carboxylic acids is 1. The van der Waals surface area contributed by atoms with Crippen LogP contribution in [-0.4, -0.2) is 23.5 Å². The van der Waals surface area contributed by atoms with E-state index in [4.69, 9.17) is 17.3 Å². The molecule has 1 aliphatic carbocycles. The maximum atomic E-state index is 11.5. The highest BCUT2D eigenvalue weighted by molar-refractivity contribution is 6.31. The van der Waals surface area contributed by atoms with Gasteiger partial charge in [-0.25, -0.2) is 0 Å². The lowest BCUT2D eigenvalue weighted by Gasteiger charge is -2.25. The molecule has 20 heavy (non-hydrogen) atoms. The Morgan fingerprint density at radius 2 is 2.00 bits per heavy atom. The number of halogens is 1. The molecule has 0 saturated heterocycles. The summed E-state index contributed by atoms with van der Waals surface area (Å²) >= 11 is 5.84. The van der Waals surface area contributed by atoms with Crippen molar-refractivity contribution in [3.63, 3.8) is 0 Å². The summed E-state index contributed by atoms with van der Waals surface area (Å²) in [5.74, 6) is -1.39. The van der Waals surface area contributed by atoms with Gasteiger partial charge in [-0.3, -0.25) is 9.59 Å². The summed E-state index contributed by atoms with van der Waals surface area (Å²) in [4.78, 5) is 22.9. The van der Waals surface area contributed by atoms with Crippen LogP contribution in [0.25, 0.3) is 0 Å². The molecule has 0 aliphatic heterocycles. The first-order chi connectivity index (χ1) is 9.44. The lowest BCUT2D eigenvalue weighted by Crippen LogP contribution is -2.35. The molecule has 0 bridgehead atoms. The summed E-state index contributed by atoms with van der Waals surface area (Å²) in [6, 6.07) is 4.76. The third kappa shape index (κ3) is 2.88. The van der Waals surface area contributed by atoms with Crippen molar-refractivity contribution in [2.45, 2.75) is 25.7 Å². The Morgan fingerprint density at radius 1 is 1.35 bits per heavy atom. The van der Waals surface area contributed by atoms with Gasteiger partial charge in [0.1, 0.15) is 0 Å². The number of carboxylic acid groups (broad SMARTS) is 1. The van der Waals surface area contributed by atoms with Crippen molar-refractivity contribution < 1.29 is 14.7 Å². The highest BCUT2D eigenvalue weighted by Crippen LogP contribution is 2.38. The maximum Gasteiger partial charge on any atom is 0.311 e. The van der Waals surface area contributed by atoms with Gasteiger partial charge in [-0.2, -0.15) is 0 Å². The van der Waals surface area contributed by atoms with E-state index in [0.717, 1.165) is 12.8 Å². The molecule has 0 spiro atoms. The summed E-state index contributed by atoms with van der Waals surface area (Å²) in [5.41, 5.74) is 5.35. The predicted molar refractivity (Wildman–Crippen MR) is 77.0 cm³/mol. The van der Waals surface area contributed by atoms with E-state index in [1.807, 2.05) is 0 Å². The smallest absolute Gasteiger partial charge is 0.311 e. The molecule has 4 N–H and O–H groups in total. The van der Waals surface area contributed by atoms with Crippen LogP contribution in [0.2, 0.25) is 5.02 Å². The second-order valence-electron chi connectivity index (χ2n) is 5.20. The van der Waals surface area contributed by atoms with Crippen molar-refractivity contribution in [2.75, 3.05) is 11.9 Å². The van der Waals surface area contributed by atoms with Crippen LogP contribution in [0.3, 0.4) is 0 Å². The molecule has 0 atom stereocenters.